The molecule has 1 atom stereocenters. The lowest BCUT2D eigenvalue weighted by Gasteiger charge is -2.30. The number of benzene rings is 1. The fraction of sp³-hybridized carbons (Fsp3) is 0.632. The second kappa shape index (κ2) is 11.6. The smallest absolute Gasteiger partial charge is 0.191 e. The van der Waals surface area contributed by atoms with Gasteiger partial charge in [-0.3, -0.25) is 4.99 Å². The van der Waals surface area contributed by atoms with Gasteiger partial charge in [-0.25, -0.2) is 0 Å². The molecule has 0 amide bonds. The summed E-state index contributed by atoms with van der Waals surface area (Å²) in [5, 5.41) is 17.0. The molecule has 0 aromatic heterocycles. The van der Waals surface area contributed by atoms with E-state index in [0.717, 1.165) is 12.3 Å². The number of aliphatic hydroxyl groups is 1. The van der Waals surface area contributed by atoms with E-state index in [1.54, 1.807) is 0 Å². The molecule has 2 rings (SSSR count). The normalized spacial score (nSPS) is 17.8. The average molecular weight is 477 g/mol. The van der Waals surface area contributed by atoms with Gasteiger partial charge in [-0.1, -0.05) is 12.1 Å². The molecule has 6 nitrogen and oxygen atoms in total. The number of ether oxygens (including phenoxy) is 2. The molecule has 7 heteroatoms. The number of aliphatic imine (C=N–C) groups is 1. The summed E-state index contributed by atoms with van der Waals surface area (Å²) >= 11 is 0. The van der Waals surface area contributed by atoms with E-state index >= 15 is 0 Å². The first-order valence-corrected chi connectivity index (χ1v) is 9.06. The standard InChI is InChI=1S/C19H31N3O3.HI/c1-4-20-18(22-14-19(23)8-10-24-11-9-19)21-13-16(3)25-17-7-5-6-15(2)12-17;/h5-7,12,16,23H,4,8-11,13-14H2,1-3H3,(H2,20,21,22);1H. The third-order valence-corrected chi connectivity index (χ3v) is 4.18. The van der Waals surface area contributed by atoms with Gasteiger partial charge < -0.3 is 25.2 Å². The van der Waals surface area contributed by atoms with Crippen LogP contribution in [0.4, 0.5) is 0 Å². The van der Waals surface area contributed by atoms with Crippen molar-refractivity contribution in [2.45, 2.75) is 45.3 Å². The third kappa shape index (κ3) is 8.09. The molecular formula is C19H32IN3O3. The Bertz CT molecular complexity index is 563. The number of nitrogens with one attached hydrogen (secondary N) is 2. The van der Waals surface area contributed by atoms with Crippen LogP contribution >= 0.6 is 24.0 Å². The van der Waals surface area contributed by atoms with Crippen LogP contribution in [0, 0.1) is 6.92 Å². The Balaban J connectivity index is 0.00000338. The van der Waals surface area contributed by atoms with Gasteiger partial charge in [0.25, 0.3) is 0 Å². The van der Waals surface area contributed by atoms with Gasteiger partial charge in [0.05, 0.1) is 18.7 Å². The molecule has 1 aromatic rings. The van der Waals surface area contributed by atoms with E-state index in [9.17, 15) is 5.11 Å². The molecular weight excluding hydrogens is 445 g/mol. The van der Waals surface area contributed by atoms with Crippen molar-refractivity contribution in [1.29, 1.82) is 0 Å². The molecule has 1 unspecified atom stereocenters. The molecule has 1 aromatic carbocycles. The monoisotopic (exact) mass is 477 g/mol. The number of guanidine groups is 1. The Morgan fingerprint density at radius 1 is 1.35 bits per heavy atom. The molecule has 1 aliphatic rings. The first-order chi connectivity index (χ1) is 12.0. The Labute approximate surface area is 173 Å². The van der Waals surface area contributed by atoms with Crippen LogP contribution in [0.1, 0.15) is 32.3 Å². The number of hydrogen-bond acceptors (Lipinski definition) is 4. The Morgan fingerprint density at radius 3 is 2.73 bits per heavy atom. The number of aryl methyl sites for hydroxylation is 1. The zero-order chi connectivity index (χ0) is 18.1. The number of halogens is 1. The fourth-order valence-electron chi connectivity index (χ4n) is 2.68. The topological polar surface area (TPSA) is 75.1 Å². The molecule has 0 radical (unpaired) electrons. The average Bonchev–Trinajstić information content (AvgIpc) is 2.58. The molecule has 1 saturated heterocycles. The van der Waals surface area contributed by atoms with Gasteiger partial charge in [-0.15, -0.1) is 24.0 Å². The van der Waals surface area contributed by atoms with Crippen LogP contribution in [0.25, 0.3) is 0 Å². The zero-order valence-electron chi connectivity index (χ0n) is 16.0. The van der Waals surface area contributed by atoms with Gasteiger partial charge in [0, 0.05) is 32.6 Å². The summed E-state index contributed by atoms with van der Waals surface area (Å²) in [6, 6.07) is 8.03. The Morgan fingerprint density at radius 2 is 2.08 bits per heavy atom. The highest BCUT2D eigenvalue weighted by Crippen LogP contribution is 2.20. The zero-order valence-corrected chi connectivity index (χ0v) is 18.3. The van der Waals surface area contributed by atoms with E-state index in [-0.39, 0.29) is 30.1 Å². The van der Waals surface area contributed by atoms with Crippen molar-refractivity contribution >= 4 is 29.9 Å². The molecule has 0 aliphatic carbocycles. The van der Waals surface area contributed by atoms with E-state index < -0.39 is 5.60 Å². The first kappa shape index (κ1) is 23.0. The molecule has 3 N–H and O–H groups in total. The predicted octanol–water partition coefficient (Wildman–Crippen LogP) is 2.48. The third-order valence-electron chi connectivity index (χ3n) is 4.18. The highest BCUT2D eigenvalue weighted by molar-refractivity contribution is 14.0. The predicted molar refractivity (Wildman–Crippen MR) is 116 cm³/mol. The number of nitrogens with zero attached hydrogens (tertiary/aromatic N) is 1. The van der Waals surface area contributed by atoms with Gasteiger partial charge in [-0.2, -0.15) is 0 Å². The van der Waals surface area contributed by atoms with Gasteiger partial charge in [-0.05, 0) is 38.5 Å². The van der Waals surface area contributed by atoms with E-state index in [1.165, 1.54) is 5.56 Å². The molecule has 1 aliphatic heterocycles. The van der Waals surface area contributed by atoms with Crippen LogP contribution in [0.5, 0.6) is 5.75 Å². The minimum absolute atomic E-state index is 0. The Kier molecular flexibility index (Phi) is 10.3. The second-order valence-electron chi connectivity index (χ2n) is 6.66. The summed E-state index contributed by atoms with van der Waals surface area (Å²) in [6.45, 7) is 9.04. The second-order valence-corrected chi connectivity index (χ2v) is 6.66. The van der Waals surface area contributed by atoms with E-state index in [2.05, 4.69) is 15.6 Å². The lowest BCUT2D eigenvalue weighted by atomic mass is 9.95. The van der Waals surface area contributed by atoms with Crippen molar-refractivity contribution in [3.8, 4) is 5.75 Å². The van der Waals surface area contributed by atoms with Crippen molar-refractivity contribution in [2.75, 3.05) is 32.8 Å². The van der Waals surface area contributed by atoms with Crippen LogP contribution < -0.4 is 15.4 Å². The molecule has 0 saturated carbocycles. The van der Waals surface area contributed by atoms with Crippen LogP contribution in [-0.4, -0.2) is 55.6 Å². The minimum atomic E-state index is -0.760. The minimum Gasteiger partial charge on any atom is -0.489 e. The fourth-order valence-corrected chi connectivity index (χ4v) is 2.68. The van der Waals surface area contributed by atoms with Crippen LogP contribution in [-0.2, 0) is 4.74 Å². The van der Waals surface area contributed by atoms with Crippen molar-refractivity contribution < 1.29 is 14.6 Å². The summed E-state index contributed by atoms with van der Waals surface area (Å²) in [4.78, 5) is 4.54. The highest BCUT2D eigenvalue weighted by atomic mass is 127. The van der Waals surface area contributed by atoms with Crippen LogP contribution in [0.15, 0.2) is 29.3 Å². The maximum absolute atomic E-state index is 10.5. The maximum atomic E-state index is 10.5. The van der Waals surface area contributed by atoms with Gasteiger partial charge >= 0.3 is 0 Å². The summed E-state index contributed by atoms with van der Waals surface area (Å²) in [6.07, 6.45) is 1.25. The van der Waals surface area contributed by atoms with E-state index in [4.69, 9.17) is 9.47 Å². The van der Waals surface area contributed by atoms with Gasteiger partial charge in [0.1, 0.15) is 11.9 Å². The Hall–Kier alpha value is -1.06. The van der Waals surface area contributed by atoms with Crippen LogP contribution in [0.3, 0.4) is 0 Å². The maximum Gasteiger partial charge on any atom is 0.191 e. The lowest BCUT2D eigenvalue weighted by Crippen LogP contribution is -2.44. The summed E-state index contributed by atoms with van der Waals surface area (Å²) < 4.78 is 11.2. The van der Waals surface area contributed by atoms with E-state index in [0.29, 0.717) is 45.1 Å². The van der Waals surface area contributed by atoms with Crippen molar-refractivity contribution in [1.82, 2.24) is 10.6 Å². The quantitative estimate of drug-likeness (QED) is 0.320. The van der Waals surface area contributed by atoms with Crippen LogP contribution in [0.2, 0.25) is 0 Å². The molecule has 148 valence electrons. The molecule has 1 fully saturated rings. The van der Waals surface area contributed by atoms with Crippen molar-refractivity contribution in [3.05, 3.63) is 29.8 Å². The lowest BCUT2D eigenvalue weighted by molar-refractivity contribution is -0.0565. The largest absolute Gasteiger partial charge is 0.489 e. The highest BCUT2D eigenvalue weighted by Gasteiger charge is 2.29. The molecule has 0 spiro atoms. The van der Waals surface area contributed by atoms with Gasteiger partial charge in [0.2, 0.25) is 0 Å². The van der Waals surface area contributed by atoms with E-state index in [1.807, 2.05) is 45.0 Å². The number of rotatable bonds is 7. The van der Waals surface area contributed by atoms with Crippen molar-refractivity contribution in [3.63, 3.8) is 0 Å². The molecule has 1 heterocycles. The molecule has 26 heavy (non-hydrogen) atoms. The van der Waals surface area contributed by atoms with Crippen molar-refractivity contribution in [2.24, 2.45) is 4.99 Å². The number of hydrogen-bond donors (Lipinski definition) is 3. The molecule has 0 bridgehead atoms. The first-order valence-electron chi connectivity index (χ1n) is 9.06. The summed E-state index contributed by atoms with van der Waals surface area (Å²) in [5.41, 5.74) is 0.418. The van der Waals surface area contributed by atoms with Gasteiger partial charge in [0.15, 0.2) is 5.96 Å². The summed E-state index contributed by atoms with van der Waals surface area (Å²) in [7, 11) is 0. The summed E-state index contributed by atoms with van der Waals surface area (Å²) in [5.74, 6) is 1.56. The SMILES string of the molecule is CCNC(=NCC1(O)CCOCC1)NCC(C)Oc1cccc(C)c1.I.